The normalized spacial score (nSPS) is 14.5. The third-order valence-corrected chi connectivity index (χ3v) is 3.25. The number of ether oxygens (including phenoxy) is 1. The van der Waals surface area contributed by atoms with Crippen molar-refractivity contribution in [1.29, 1.82) is 0 Å². The lowest BCUT2D eigenvalue weighted by atomic mass is 10.2. The van der Waals surface area contributed by atoms with Crippen molar-refractivity contribution in [3.05, 3.63) is 53.5 Å². The summed E-state index contributed by atoms with van der Waals surface area (Å²) in [6.45, 7) is 0.928. The average molecular weight is 279 g/mol. The standard InChI is InChI=1S/C15H15F2NO2/c16-13-4-3-12(7-14(13)17)20-9-10-5-6-19-15(10)8-18-11-1-2-11/h3-7,11,18H,1-2,8-9H2. The van der Waals surface area contributed by atoms with E-state index in [0.29, 0.717) is 18.3 Å². The monoisotopic (exact) mass is 279 g/mol. The molecular formula is C15H15F2NO2. The van der Waals surface area contributed by atoms with Crippen molar-refractivity contribution in [1.82, 2.24) is 5.32 Å². The van der Waals surface area contributed by atoms with Crippen LogP contribution in [0.15, 0.2) is 34.9 Å². The van der Waals surface area contributed by atoms with E-state index in [9.17, 15) is 8.78 Å². The zero-order chi connectivity index (χ0) is 13.9. The van der Waals surface area contributed by atoms with Crippen LogP contribution in [-0.4, -0.2) is 6.04 Å². The van der Waals surface area contributed by atoms with E-state index in [-0.39, 0.29) is 6.61 Å². The minimum absolute atomic E-state index is 0.267. The SMILES string of the molecule is Fc1ccc(OCc2ccoc2CNC2CC2)cc1F. The summed E-state index contributed by atoms with van der Waals surface area (Å²) in [5.74, 6) is -0.675. The minimum atomic E-state index is -0.912. The molecule has 1 N–H and O–H groups in total. The second-order valence-corrected chi connectivity index (χ2v) is 4.89. The van der Waals surface area contributed by atoms with Gasteiger partial charge in [0.15, 0.2) is 11.6 Å². The molecule has 1 aliphatic rings. The van der Waals surface area contributed by atoms with Crippen molar-refractivity contribution in [2.24, 2.45) is 0 Å². The zero-order valence-electron chi connectivity index (χ0n) is 10.9. The quantitative estimate of drug-likeness (QED) is 0.880. The van der Waals surface area contributed by atoms with Crippen molar-refractivity contribution in [3.8, 4) is 5.75 Å². The lowest BCUT2D eigenvalue weighted by molar-refractivity contribution is 0.298. The summed E-state index contributed by atoms with van der Waals surface area (Å²) in [5.41, 5.74) is 0.905. The Morgan fingerprint density at radius 3 is 2.80 bits per heavy atom. The minimum Gasteiger partial charge on any atom is -0.489 e. The molecule has 1 aromatic carbocycles. The highest BCUT2D eigenvalue weighted by atomic mass is 19.2. The van der Waals surface area contributed by atoms with Gasteiger partial charge in [0.25, 0.3) is 0 Å². The molecule has 1 heterocycles. The van der Waals surface area contributed by atoms with Crippen molar-refractivity contribution in [3.63, 3.8) is 0 Å². The maximum Gasteiger partial charge on any atom is 0.162 e. The molecule has 1 aliphatic carbocycles. The van der Waals surface area contributed by atoms with Gasteiger partial charge in [-0.2, -0.15) is 0 Å². The molecule has 5 heteroatoms. The first kappa shape index (κ1) is 13.1. The Balaban J connectivity index is 1.59. The molecule has 0 spiro atoms. The second kappa shape index (κ2) is 5.63. The van der Waals surface area contributed by atoms with Gasteiger partial charge in [-0.3, -0.25) is 0 Å². The summed E-state index contributed by atoms with van der Waals surface area (Å²) in [6.07, 6.45) is 4.02. The molecule has 1 aromatic heterocycles. The number of furan rings is 1. The Morgan fingerprint density at radius 2 is 2.05 bits per heavy atom. The van der Waals surface area contributed by atoms with Crippen LogP contribution in [0.4, 0.5) is 8.78 Å². The molecule has 0 saturated heterocycles. The van der Waals surface area contributed by atoms with Crippen LogP contribution >= 0.6 is 0 Å². The maximum absolute atomic E-state index is 13.1. The van der Waals surface area contributed by atoms with Crippen LogP contribution in [0.1, 0.15) is 24.2 Å². The van der Waals surface area contributed by atoms with Gasteiger partial charge in [0, 0.05) is 17.7 Å². The molecule has 0 unspecified atom stereocenters. The van der Waals surface area contributed by atoms with Crippen LogP contribution in [0.2, 0.25) is 0 Å². The van der Waals surface area contributed by atoms with E-state index in [0.717, 1.165) is 23.5 Å². The molecule has 0 bridgehead atoms. The summed E-state index contributed by atoms with van der Waals surface area (Å²) in [5, 5.41) is 3.36. The maximum atomic E-state index is 13.1. The Hall–Kier alpha value is -1.88. The number of hydrogen-bond acceptors (Lipinski definition) is 3. The smallest absolute Gasteiger partial charge is 0.162 e. The van der Waals surface area contributed by atoms with Crippen molar-refractivity contribution < 1.29 is 17.9 Å². The lowest BCUT2D eigenvalue weighted by Crippen LogP contribution is -2.16. The lowest BCUT2D eigenvalue weighted by Gasteiger charge is -2.07. The third kappa shape index (κ3) is 3.17. The van der Waals surface area contributed by atoms with Gasteiger partial charge in [-0.15, -0.1) is 0 Å². The fourth-order valence-corrected chi connectivity index (χ4v) is 1.90. The van der Waals surface area contributed by atoms with Crippen molar-refractivity contribution >= 4 is 0 Å². The summed E-state index contributed by atoms with van der Waals surface area (Å²) in [6, 6.07) is 5.91. The second-order valence-electron chi connectivity index (χ2n) is 4.89. The molecule has 1 fully saturated rings. The molecule has 2 aromatic rings. The van der Waals surface area contributed by atoms with Crippen molar-refractivity contribution in [2.75, 3.05) is 0 Å². The van der Waals surface area contributed by atoms with Gasteiger partial charge in [0.05, 0.1) is 12.8 Å². The van der Waals surface area contributed by atoms with Gasteiger partial charge in [-0.05, 0) is 31.0 Å². The molecule has 0 atom stereocenters. The molecule has 1 saturated carbocycles. The molecule has 3 nitrogen and oxygen atoms in total. The van der Waals surface area contributed by atoms with Gasteiger partial charge >= 0.3 is 0 Å². The number of hydrogen-bond donors (Lipinski definition) is 1. The topological polar surface area (TPSA) is 34.4 Å². The van der Waals surface area contributed by atoms with E-state index >= 15 is 0 Å². The third-order valence-electron chi connectivity index (χ3n) is 3.25. The number of rotatable bonds is 6. The molecule has 0 amide bonds. The van der Waals surface area contributed by atoms with Gasteiger partial charge < -0.3 is 14.5 Å². The number of halogens is 2. The number of benzene rings is 1. The van der Waals surface area contributed by atoms with E-state index in [1.165, 1.54) is 18.9 Å². The fraction of sp³-hybridized carbons (Fsp3) is 0.333. The molecular weight excluding hydrogens is 264 g/mol. The van der Waals surface area contributed by atoms with Crippen LogP contribution in [0, 0.1) is 11.6 Å². The molecule has 0 aliphatic heterocycles. The fourth-order valence-electron chi connectivity index (χ4n) is 1.90. The largest absolute Gasteiger partial charge is 0.489 e. The first-order valence-corrected chi connectivity index (χ1v) is 6.59. The highest BCUT2D eigenvalue weighted by Gasteiger charge is 2.21. The zero-order valence-corrected chi connectivity index (χ0v) is 10.9. The van der Waals surface area contributed by atoms with Gasteiger partial charge in [0.1, 0.15) is 18.1 Å². The van der Waals surface area contributed by atoms with Gasteiger partial charge in [0.2, 0.25) is 0 Å². The average Bonchev–Trinajstić information content (AvgIpc) is 3.16. The van der Waals surface area contributed by atoms with Crippen LogP contribution in [0.3, 0.4) is 0 Å². The highest BCUT2D eigenvalue weighted by molar-refractivity contribution is 5.25. The molecule has 20 heavy (non-hydrogen) atoms. The Bertz CT molecular complexity index is 593. The van der Waals surface area contributed by atoms with Crippen LogP contribution in [-0.2, 0) is 13.2 Å². The molecule has 106 valence electrons. The predicted molar refractivity (Wildman–Crippen MR) is 69.3 cm³/mol. The summed E-state index contributed by atoms with van der Waals surface area (Å²) < 4.78 is 36.7. The summed E-state index contributed by atoms with van der Waals surface area (Å²) in [4.78, 5) is 0. The van der Waals surface area contributed by atoms with Crippen LogP contribution in [0.5, 0.6) is 5.75 Å². The Labute approximate surface area is 115 Å². The Kier molecular flexibility index (Phi) is 3.69. The molecule has 3 rings (SSSR count). The van der Waals surface area contributed by atoms with E-state index in [4.69, 9.17) is 9.15 Å². The first-order valence-electron chi connectivity index (χ1n) is 6.59. The van der Waals surface area contributed by atoms with Crippen molar-refractivity contribution in [2.45, 2.75) is 32.0 Å². The summed E-state index contributed by atoms with van der Waals surface area (Å²) >= 11 is 0. The van der Waals surface area contributed by atoms with Crippen LogP contribution < -0.4 is 10.1 Å². The predicted octanol–water partition coefficient (Wildman–Crippen LogP) is 3.39. The van der Waals surface area contributed by atoms with E-state index in [1.807, 2.05) is 6.07 Å². The highest BCUT2D eigenvalue weighted by Crippen LogP contribution is 2.21. The molecule has 0 radical (unpaired) electrons. The van der Waals surface area contributed by atoms with E-state index in [1.54, 1.807) is 6.26 Å². The van der Waals surface area contributed by atoms with Gasteiger partial charge in [-0.1, -0.05) is 0 Å². The van der Waals surface area contributed by atoms with E-state index < -0.39 is 11.6 Å². The van der Waals surface area contributed by atoms with E-state index in [2.05, 4.69) is 5.32 Å². The Morgan fingerprint density at radius 1 is 1.20 bits per heavy atom. The van der Waals surface area contributed by atoms with Gasteiger partial charge in [-0.25, -0.2) is 8.78 Å². The first-order chi connectivity index (χ1) is 9.72. The van der Waals surface area contributed by atoms with Crippen LogP contribution in [0.25, 0.3) is 0 Å². The summed E-state index contributed by atoms with van der Waals surface area (Å²) in [7, 11) is 0. The number of nitrogens with one attached hydrogen (secondary N) is 1.